The third kappa shape index (κ3) is 4.86. The summed E-state index contributed by atoms with van der Waals surface area (Å²) in [6.07, 6.45) is 1.66. The lowest BCUT2D eigenvalue weighted by atomic mass is 10.2. The first-order valence-electron chi connectivity index (χ1n) is 9.32. The van der Waals surface area contributed by atoms with Gasteiger partial charge in [0.2, 0.25) is 0 Å². The average Bonchev–Trinajstić information content (AvgIpc) is 3.49. The predicted octanol–water partition coefficient (Wildman–Crippen LogP) is 4.44. The fraction of sp³-hybridized carbons (Fsp3) is 0.227. The molecule has 4 rings (SSSR count). The molecule has 0 atom stereocenters. The molecule has 0 aliphatic heterocycles. The van der Waals surface area contributed by atoms with Gasteiger partial charge in [0, 0.05) is 10.9 Å². The van der Waals surface area contributed by atoms with Gasteiger partial charge < -0.3 is 4.74 Å². The van der Waals surface area contributed by atoms with Crippen LogP contribution >= 0.6 is 11.3 Å². The van der Waals surface area contributed by atoms with E-state index in [-0.39, 0.29) is 30.2 Å². The summed E-state index contributed by atoms with van der Waals surface area (Å²) < 4.78 is 18.4. The largest absolute Gasteiger partial charge is 0.455 e. The molecule has 1 aromatic heterocycles. The second-order valence-electron chi connectivity index (χ2n) is 6.87. The molecule has 1 amide bonds. The molecule has 0 saturated heterocycles. The van der Waals surface area contributed by atoms with Crippen molar-refractivity contribution in [3.8, 4) is 11.3 Å². The van der Waals surface area contributed by atoms with Crippen LogP contribution in [0.3, 0.4) is 0 Å². The van der Waals surface area contributed by atoms with Gasteiger partial charge in [-0.05, 0) is 42.7 Å². The van der Waals surface area contributed by atoms with Gasteiger partial charge in [-0.3, -0.25) is 14.5 Å². The van der Waals surface area contributed by atoms with Crippen LogP contribution in [0, 0.1) is 11.7 Å². The summed E-state index contributed by atoms with van der Waals surface area (Å²) in [7, 11) is 0. The number of carbonyl (C=O) groups is 2. The smallest absolute Gasteiger partial charge is 0.309 e. The lowest BCUT2D eigenvalue weighted by molar-refractivity contribution is -0.149. The summed E-state index contributed by atoms with van der Waals surface area (Å²) in [5.74, 6) is -1.02. The Morgan fingerprint density at radius 3 is 2.52 bits per heavy atom. The minimum Gasteiger partial charge on any atom is -0.455 e. The van der Waals surface area contributed by atoms with E-state index in [4.69, 9.17) is 4.74 Å². The first-order chi connectivity index (χ1) is 14.1. The summed E-state index contributed by atoms with van der Waals surface area (Å²) in [6, 6.07) is 15.6. The van der Waals surface area contributed by atoms with Crippen LogP contribution < -0.4 is 4.90 Å². The molecule has 0 N–H and O–H groups in total. The van der Waals surface area contributed by atoms with Gasteiger partial charge in [0.1, 0.15) is 5.82 Å². The number of aromatic nitrogens is 1. The van der Waals surface area contributed by atoms with Gasteiger partial charge >= 0.3 is 5.97 Å². The highest BCUT2D eigenvalue weighted by Crippen LogP contribution is 2.31. The van der Waals surface area contributed by atoms with Crippen LogP contribution in [0.4, 0.5) is 9.52 Å². The number of halogens is 1. The molecule has 3 aromatic rings. The number of ether oxygens (including phenoxy) is 1. The van der Waals surface area contributed by atoms with Gasteiger partial charge in [-0.25, -0.2) is 9.37 Å². The maximum absolute atomic E-state index is 13.2. The fourth-order valence-corrected chi connectivity index (χ4v) is 3.67. The van der Waals surface area contributed by atoms with Crippen molar-refractivity contribution in [3.63, 3.8) is 0 Å². The summed E-state index contributed by atoms with van der Waals surface area (Å²) in [5, 5.41) is 2.32. The molecule has 148 valence electrons. The molecule has 0 spiro atoms. The van der Waals surface area contributed by atoms with Gasteiger partial charge in [0.15, 0.2) is 11.7 Å². The number of hydrogen-bond acceptors (Lipinski definition) is 5. The molecule has 0 unspecified atom stereocenters. The van der Waals surface area contributed by atoms with Crippen LogP contribution in [-0.2, 0) is 20.9 Å². The maximum atomic E-state index is 13.2. The first-order valence-corrected chi connectivity index (χ1v) is 10.2. The zero-order valence-corrected chi connectivity index (χ0v) is 16.4. The van der Waals surface area contributed by atoms with Crippen LogP contribution in [0.25, 0.3) is 11.3 Å². The van der Waals surface area contributed by atoms with Gasteiger partial charge in [-0.15, -0.1) is 11.3 Å². The molecular weight excluding hydrogens is 391 g/mol. The minimum atomic E-state index is -0.331. The van der Waals surface area contributed by atoms with E-state index < -0.39 is 0 Å². The topological polar surface area (TPSA) is 59.5 Å². The van der Waals surface area contributed by atoms with Crippen molar-refractivity contribution in [2.75, 3.05) is 11.5 Å². The molecule has 1 aliphatic carbocycles. The number of rotatable bonds is 7. The van der Waals surface area contributed by atoms with E-state index in [1.54, 1.807) is 12.1 Å². The van der Waals surface area contributed by atoms with E-state index in [1.807, 2.05) is 35.7 Å². The van der Waals surface area contributed by atoms with E-state index >= 15 is 0 Å². The third-order valence-electron chi connectivity index (χ3n) is 4.60. The fourth-order valence-electron chi connectivity index (χ4n) is 2.82. The van der Waals surface area contributed by atoms with Gasteiger partial charge in [0.05, 0.1) is 18.2 Å². The monoisotopic (exact) mass is 410 g/mol. The predicted molar refractivity (Wildman–Crippen MR) is 109 cm³/mol. The molecular formula is C22H19FN2O3S. The van der Waals surface area contributed by atoms with Crippen molar-refractivity contribution in [2.45, 2.75) is 19.4 Å². The molecule has 1 aliphatic rings. The van der Waals surface area contributed by atoms with Crippen molar-refractivity contribution >= 4 is 28.3 Å². The summed E-state index contributed by atoms with van der Waals surface area (Å²) in [4.78, 5) is 30.7. The molecule has 29 heavy (non-hydrogen) atoms. The number of carbonyl (C=O) groups excluding carboxylic acids is 2. The molecule has 1 fully saturated rings. The Balaban J connectivity index is 1.54. The Bertz CT molecular complexity index is 1000. The highest BCUT2D eigenvalue weighted by Gasteiger charge is 2.32. The number of nitrogens with zero attached hydrogens (tertiary/aromatic N) is 2. The van der Waals surface area contributed by atoms with Gasteiger partial charge in [-0.1, -0.05) is 30.3 Å². The Kier molecular flexibility index (Phi) is 5.67. The quantitative estimate of drug-likeness (QED) is 0.541. The lowest BCUT2D eigenvalue weighted by Crippen LogP contribution is -2.34. The Hall–Kier alpha value is -3.06. The van der Waals surface area contributed by atoms with Crippen LogP contribution in [0.15, 0.2) is 60.0 Å². The SMILES string of the molecule is O=C(OCC(=O)N(Cc1ccccc1)c1nc(-c2ccc(F)cc2)cs1)C1CC1. The van der Waals surface area contributed by atoms with E-state index in [0.717, 1.165) is 24.0 Å². The summed E-state index contributed by atoms with van der Waals surface area (Å²) in [6.45, 7) is 0.00462. The van der Waals surface area contributed by atoms with Crippen LogP contribution in [-0.4, -0.2) is 23.5 Å². The standard InChI is InChI=1S/C22H19FN2O3S/c23-18-10-8-16(9-11-18)19-14-29-22(24-19)25(12-15-4-2-1-3-5-15)20(26)13-28-21(27)17-6-7-17/h1-5,8-11,14,17H,6-7,12-13H2. The van der Waals surface area contributed by atoms with Gasteiger partial charge in [0.25, 0.3) is 5.91 Å². The third-order valence-corrected chi connectivity index (χ3v) is 5.46. The second-order valence-corrected chi connectivity index (χ2v) is 7.71. The molecule has 5 nitrogen and oxygen atoms in total. The van der Waals surface area contributed by atoms with Crippen molar-refractivity contribution in [2.24, 2.45) is 5.92 Å². The van der Waals surface area contributed by atoms with E-state index in [1.165, 1.54) is 28.4 Å². The number of anilines is 1. The molecule has 2 aromatic carbocycles. The normalized spacial score (nSPS) is 13.1. The molecule has 0 radical (unpaired) electrons. The average molecular weight is 410 g/mol. The Labute approximate surface area is 171 Å². The Morgan fingerprint density at radius 1 is 1.10 bits per heavy atom. The zero-order chi connectivity index (χ0) is 20.2. The van der Waals surface area contributed by atoms with Crippen molar-refractivity contribution < 1.29 is 18.7 Å². The number of benzene rings is 2. The second kappa shape index (κ2) is 8.53. The number of thiazole rings is 1. The Morgan fingerprint density at radius 2 is 1.83 bits per heavy atom. The number of hydrogen-bond donors (Lipinski definition) is 0. The van der Waals surface area contributed by atoms with E-state index in [2.05, 4.69) is 4.98 Å². The zero-order valence-electron chi connectivity index (χ0n) is 15.6. The van der Waals surface area contributed by atoms with Crippen LogP contribution in [0.2, 0.25) is 0 Å². The minimum absolute atomic E-state index is 0.0599. The first kappa shape index (κ1) is 19.3. The number of esters is 1. The van der Waals surface area contributed by atoms with Gasteiger partial charge in [-0.2, -0.15) is 0 Å². The highest BCUT2D eigenvalue weighted by molar-refractivity contribution is 7.14. The lowest BCUT2D eigenvalue weighted by Gasteiger charge is -2.20. The summed E-state index contributed by atoms with van der Waals surface area (Å²) >= 11 is 1.32. The number of amides is 1. The highest BCUT2D eigenvalue weighted by atomic mass is 32.1. The van der Waals surface area contributed by atoms with Crippen LogP contribution in [0.1, 0.15) is 18.4 Å². The summed E-state index contributed by atoms with van der Waals surface area (Å²) in [5.41, 5.74) is 2.36. The van der Waals surface area contributed by atoms with Crippen LogP contribution in [0.5, 0.6) is 0 Å². The van der Waals surface area contributed by atoms with Crippen molar-refractivity contribution in [3.05, 3.63) is 71.4 Å². The van der Waals surface area contributed by atoms with E-state index in [9.17, 15) is 14.0 Å². The molecule has 1 heterocycles. The van der Waals surface area contributed by atoms with E-state index in [0.29, 0.717) is 17.4 Å². The molecule has 1 saturated carbocycles. The molecule has 0 bridgehead atoms. The van der Waals surface area contributed by atoms with Crippen molar-refractivity contribution in [1.29, 1.82) is 0 Å². The van der Waals surface area contributed by atoms with Crippen molar-refractivity contribution in [1.82, 2.24) is 4.98 Å². The molecule has 7 heteroatoms. The maximum Gasteiger partial charge on any atom is 0.309 e.